The Morgan fingerprint density at radius 2 is 1.76 bits per heavy atom. The molecule has 3 saturated heterocycles. The molecule has 0 aliphatic carbocycles. The zero-order valence-electron chi connectivity index (χ0n) is 18.7. The van der Waals surface area contributed by atoms with Crippen molar-refractivity contribution in [2.24, 2.45) is 5.92 Å². The van der Waals surface area contributed by atoms with E-state index >= 15 is 0 Å². The van der Waals surface area contributed by atoms with Gasteiger partial charge in [0.25, 0.3) is 11.8 Å². The molecule has 0 aromatic heterocycles. The summed E-state index contributed by atoms with van der Waals surface area (Å²) in [6.07, 6.45) is 0.575. The predicted octanol–water partition coefficient (Wildman–Crippen LogP) is 0.380. The highest BCUT2D eigenvalue weighted by Gasteiger charge is 2.47. The Bertz CT molecular complexity index is 967. The maximum Gasteiger partial charge on any atom is 0.308 e. The maximum atomic E-state index is 13.6. The highest BCUT2D eigenvalue weighted by Crippen LogP contribution is 2.28. The summed E-state index contributed by atoms with van der Waals surface area (Å²) in [5.74, 6) is -2.47. The summed E-state index contributed by atoms with van der Waals surface area (Å²) in [5.41, 5.74) is 0.401. The summed E-state index contributed by atoms with van der Waals surface area (Å²) in [5, 5.41) is 8.12. The summed E-state index contributed by atoms with van der Waals surface area (Å²) < 4.78 is 5.10. The molecule has 4 amide bonds. The minimum atomic E-state index is -0.963. The Morgan fingerprint density at radius 1 is 1.03 bits per heavy atom. The second-order valence-corrected chi connectivity index (χ2v) is 8.87. The molecule has 5 unspecified atom stereocenters. The first-order valence-corrected chi connectivity index (χ1v) is 11.3. The van der Waals surface area contributed by atoms with Crippen molar-refractivity contribution in [2.75, 3.05) is 6.54 Å². The summed E-state index contributed by atoms with van der Waals surface area (Å²) >= 11 is 0. The molecule has 0 bridgehead atoms. The van der Waals surface area contributed by atoms with Crippen molar-refractivity contribution in [2.45, 2.75) is 63.8 Å². The second-order valence-electron chi connectivity index (χ2n) is 8.87. The number of amides is 4. The van der Waals surface area contributed by atoms with E-state index in [0.29, 0.717) is 24.9 Å². The van der Waals surface area contributed by atoms with Crippen LogP contribution in [0.2, 0.25) is 0 Å². The fraction of sp³-hybridized carbons (Fsp3) is 0.522. The van der Waals surface area contributed by atoms with Gasteiger partial charge in [-0.15, -0.1) is 0 Å². The van der Waals surface area contributed by atoms with E-state index in [9.17, 15) is 24.0 Å². The van der Waals surface area contributed by atoms with Crippen molar-refractivity contribution in [1.29, 1.82) is 0 Å². The van der Waals surface area contributed by atoms with Crippen molar-refractivity contribution in [3.8, 4) is 0 Å². The van der Waals surface area contributed by atoms with Crippen molar-refractivity contribution >= 4 is 29.6 Å². The summed E-state index contributed by atoms with van der Waals surface area (Å²) in [6.45, 7) is 3.76. The molecule has 3 heterocycles. The molecule has 3 fully saturated rings. The molecule has 10 heteroatoms. The lowest BCUT2D eigenvalue weighted by Crippen LogP contribution is -2.64. The van der Waals surface area contributed by atoms with Crippen molar-refractivity contribution < 1.29 is 28.7 Å². The number of ether oxygens (including phenoxy) is 1. The number of benzene rings is 1. The number of carbonyl (C=O) groups is 5. The topological polar surface area (TPSA) is 125 Å². The van der Waals surface area contributed by atoms with Crippen LogP contribution in [-0.4, -0.2) is 70.4 Å². The van der Waals surface area contributed by atoms with Crippen molar-refractivity contribution in [1.82, 2.24) is 20.7 Å². The first-order chi connectivity index (χ1) is 15.8. The molecule has 0 radical (unpaired) electrons. The van der Waals surface area contributed by atoms with Gasteiger partial charge in [0, 0.05) is 18.5 Å². The van der Waals surface area contributed by atoms with E-state index in [1.54, 1.807) is 44.2 Å². The van der Waals surface area contributed by atoms with Gasteiger partial charge in [-0.25, -0.2) is 5.01 Å². The van der Waals surface area contributed by atoms with Gasteiger partial charge in [-0.2, -0.15) is 0 Å². The van der Waals surface area contributed by atoms with Gasteiger partial charge in [0.2, 0.25) is 11.8 Å². The molecule has 3 aliphatic heterocycles. The van der Waals surface area contributed by atoms with Gasteiger partial charge in [-0.05, 0) is 37.8 Å². The van der Waals surface area contributed by atoms with E-state index in [1.165, 1.54) is 10.0 Å². The van der Waals surface area contributed by atoms with Crippen molar-refractivity contribution in [3.63, 3.8) is 0 Å². The molecule has 4 rings (SSSR count). The van der Waals surface area contributed by atoms with E-state index in [0.717, 1.165) is 0 Å². The molecule has 0 spiro atoms. The van der Waals surface area contributed by atoms with Crippen molar-refractivity contribution in [3.05, 3.63) is 35.9 Å². The lowest BCUT2D eigenvalue weighted by atomic mass is 9.96. The Balaban J connectivity index is 1.57. The summed E-state index contributed by atoms with van der Waals surface area (Å²) in [4.78, 5) is 64.0. The minimum Gasteiger partial charge on any atom is -0.460 e. The molecule has 176 valence electrons. The van der Waals surface area contributed by atoms with Gasteiger partial charge in [0.05, 0.1) is 12.5 Å². The Morgan fingerprint density at radius 3 is 2.42 bits per heavy atom. The highest BCUT2D eigenvalue weighted by molar-refractivity contribution is 6.00. The molecule has 2 N–H and O–H groups in total. The molecule has 0 saturated carbocycles. The van der Waals surface area contributed by atoms with E-state index < -0.39 is 53.8 Å². The third-order valence-corrected chi connectivity index (χ3v) is 6.47. The fourth-order valence-electron chi connectivity index (χ4n) is 4.63. The van der Waals surface area contributed by atoms with Crippen LogP contribution in [0.25, 0.3) is 0 Å². The van der Waals surface area contributed by atoms with Crippen LogP contribution in [-0.2, 0) is 23.9 Å². The maximum absolute atomic E-state index is 13.6. The second kappa shape index (κ2) is 9.21. The third-order valence-electron chi connectivity index (χ3n) is 6.47. The molecule has 10 nitrogen and oxygen atoms in total. The molecular weight excluding hydrogens is 428 g/mol. The molecule has 3 aliphatic rings. The van der Waals surface area contributed by atoms with Crippen LogP contribution in [0, 0.1) is 5.92 Å². The minimum absolute atomic E-state index is 0.0585. The number of rotatable bonds is 4. The van der Waals surface area contributed by atoms with Gasteiger partial charge in [0.1, 0.15) is 18.2 Å². The third kappa shape index (κ3) is 4.55. The Kier molecular flexibility index (Phi) is 6.35. The number of hydrazine groups is 1. The number of esters is 1. The highest BCUT2D eigenvalue weighted by atomic mass is 16.6. The average molecular weight is 456 g/mol. The Labute approximate surface area is 191 Å². The number of carbonyl (C=O) groups excluding carboxylic acids is 5. The first kappa shape index (κ1) is 22.8. The van der Waals surface area contributed by atoms with Crippen LogP contribution in [0.15, 0.2) is 30.3 Å². The number of cyclic esters (lactones) is 1. The van der Waals surface area contributed by atoms with Gasteiger partial charge in [-0.3, -0.25) is 29.0 Å². The number of nitrogens with one attached hydrogen (secondary N) is 2. The predicted molar refractivity (Wildman–Crippen MR) is 115 cm³/mol. The normalized spacial score (nSPS) is 29.8. The molecular formula is C23H28N4O6. The monoisotopic (exact) mass is 456 g/mol. The fourth-order valence-corrected chi connectivity index (χ4v) is 4.63. The summed E-state index contributed by atoms with van der Waals surface area (Å²) in [7, 11) is 0. The van der Waals surface area contributed by atoms with Gasteiger partial charge in [-0.1, -0.05) is 25.1 Å². The number of hydrogen-bond donors (Lipinski definition) is 2. The number of fused-ring (bicyclic) bond motifs is 1. The van der Waals surface area contributed by atoms with Crippen LogP contribution in [0.1, 0.15) is 49.9 Å². The van der Waals surface area contributed by atoms with Crippen LogP contribution in [0.3, 0.4) is 0 Å². The standard InChI is InChI=1S/C23H28N4O6/c1-13-11-18(28)26-10-6-9-17(22(31)24-16-12-19(29)33-14(16)2)27(26)23(32)20(13)25-21(30)15-7-4-3-5-8-15/h3-5,7-8,13-14,16-17,20H,6,9-12H2,1-2H3,(H,24,31)(H,25,30). The average Bonchev–Trinajstić information content (AvgIpc) is 3.08. The van der Waals surface area contributed by atoms with Crippen LogP contribution in [0.4, 0.5) is 0 Å². The van der Waals surface area contributed by atoms with Gasteiger partial charge < -0.3 is 15.4 Å². The Hall–Kier alpha value is -3.43. The van der Waals surface area contributed by atoms with E-state index in [4.69, 9.17) is 4.74 Å². The van der Waals surface area contributed by atoms with E-state index in [-0.39, 0.29) is 18.7 Å². The molecule has 1 aromatic rings. The zero-order chi connectivity index (χ0) is 23.7. The van der Waals surface area contributed by atoms with Crippen LogP contribution < -0.4 is 10.6 Å². The first-order valence-electron chi connectivity index (χ1n) is 11.3. The van der Waals surface area contributed by atoms with E-state index in [1.807, 2.05) is 0 Å². The number of nitrogens with zero attached hydrogens (tertiary/aromatic N) is 2. The molecule has 1 aromatic carbocycles. The van der Waals surface area contributed by atoms with Gasteiger partial charge >= 0.3 is 5.97 Å². The smallest absolute Gasteiger partial charge is 0.308 e. The zero-order valence-corrected chi connectivity index (χ0v) is 18.7. The lowest BCUT2D eigenvalue weighted by Gasteiger charge is -2.43. The lowest BCUT2D eigenvalue weighted by molar-refractivity contribution is -0.176. The quantitative estimate of drug-likeness (QED) is 0.631. The molecule has 5 atom stereocenters. The van der Waals surface area contributed by atoms with Crippen LogP contribution in [0.5, 0.6) is 0 Å². The molecule has 33 heavy (non-hydrogen) atoms. The van der Waals surface area contributed by atoms with E-state index in [2.05, 4.69) is 10.6 Å². The van der Waals surface area contributed by atoms with Crippen LogP contribution >= 0.6 is 0 Å². The largest absolute Gasteiger partial charge is 0.460 e. The SMILES string of the molecule is CC1CC(=O)N2CCCC(C(=O)NC3CC(=O)OC3C)N2C(=O)C1NC(=O)c1ccccc1. The number of hydrogen-bond acceptors (Lipinski definition) is 6. The van der Waals surface area contributed by atoms with Gasteiger partial charge in [0.15, 0.2) is 0 Å². The summed E-state index contributed by atoms with van der Waals surface area (Å²) in [6, 6.07) is 6.14.